The van der Waals surface area contributed by atoms with Crippen LogP contribution in [-0.4, -0.2) is 53.2 Å². The first kappa shape index (κ1) is 15.9. The lowest BCUT2D eigenvalue weighted by molar-refractivity contribution is 0.542. The van der Waals surface area contributed by atoms with E-state index in [1.165, 1.54) is 5.57 Å². The first-order valence-electron chi connectivity index (χ1n) is 6.97. The minimum atomic E-state index is -3.39. The van der Waals surface area contributed by atoms with Crippen molar-refractivity contribution in [1.82, 2.24) is 10.0 Å². The molecule has 0 aromatic carbocycles. The van der Waals surface area contributed by atoms with Gasteiger partial charge in [-0.1, -0.05) is 11.6 Å². The number of sulfonamides is 1. The fraction of sp³-hybridized carbons (Fsp3) is 0.833. The predicted octanol–water partition coefficient (Wildman–Crippen LogP) is -0.207. The SMILES string of the molecule is O=S1(=O)CCC(S(=O)(=O)NCCC2=CCNCC2)CC1. The molecule has 0 aromatic heterocycles. The van der Waals surface area contributed by atoms with Crippen molar-refractivity contribution in [1.29, 1.82) is 0 Å². The van der Waals surface area contributed by atoms with Gasteiger partial charge in [0.05, 0.1) is 16.8 Å². The second kappa shape index (κ2) is 6.55. The van der Waals surface area contributed by atoms with Crippen molar-refractivity contribution in [2.45, 2.75) is 30.9 Å². The average molecular weight is 322 g/mol. The molecule has 0 aromatic rings. The minimum absolute atomic E-state index is 0.0185. The molecule has 1 saturated heterocycles. The van der Waals surface area contributed by atoms with Gasteiger partial charge in [-0.2, -0.15) is 0 Å². The first-order chi connectivity index (χ1) is 9.39. The number of rotatable bonds is 5. The standard InChI is InChI=1S/C12H22N2O4S2/c15-19(16)9-4-12(5-10-19)20(17,18)14-8-3-11-1-6-13-7-2-11/h1,12-14H,2-10H2. The molecule has 20 heavy (non-hydrogen) atoms. The summed E-state index contributed by atoms with van der Waals surface area (Å²) in [6, 6.07) is 0. The van der Waals surface area contributed by atoms with Gasteiger partial charge in [-0.25, -0.2) is 21.6 Å². The number of hydrogen-bond donors (Lipinski definition) is 2. The van der Waals surface area contributed by atoms with Crippen LogP contribution in [0.25, 0.3) is 0 Å². The summed E-state index contributed by atoms with van der Waals surface area (Å²) >= 11 is 0. The number of sulfone groups is 1. The number of hydrogen-bond acceptors (Lipinski definition) is 5. The third-order valence-electron chi connectivity index (χ3n) is 3.85. The van der Waals surface area contributed by atoms with Crippen molar-refractivity contribution in [2.75, 3.05) is 31.1 Å². The highest BCUT2D eigenvalue weighted by Gasteiger charge is 2.32. The van der Waals surface area contributed by atoms with E-state index in [9.17, 15) is 16.8 Å². The van der Waals surface area contributed by atoms with E-state index in [1.807, 2.05) is 0 Å². The van der Waals surface area contributed by atoms with Crippen molar-refractivity contribution < 1.29 is 16.8 Å². The summed E-state index contributed by atoms with van der Waals surface area (Å²) in [7, 11) is -6.41. The Morgan fingerprint density at radius 2 is 2.00 bits per heavy atom. The molecule has 0 amide bonds. The van der Waals surface area contributed by atoms with E-state index in [4.69, 9.17) is 0 Å². The molecule has 8 heteroatoms. The van der Waals surface area contributed by atoms with Crippen LogP contribution in [0.1, 0.15) is 25.7 Å². The van der Waals surface area contributed by atoms with Crippen LogP contribution in [-0.2, 0) is 19.9 Å². The van der Waals surface area contributed by atoms with Crippen LogP contribution < -0.4 is 10.0 Å². The van der Waals surface area contributed by atoms with E-state index >= 15 is 0 Å². The summed E-state index contributed by atoms with van der Waals surface area (Å²) < 4.78 is 49.5. The Kier molecular flexibility index (Phi) is 5.22. The molecule has 2 rings (SSSR count). The van der Waals surface area contributed by atoms with Gasteiger partial charge in [0.2, 0.25) is 10.0 Å². The quantitative estimate of drug-likeness (QED) is 0.684. The smallest absolute Gasteiger partial charge is 0.214 e. The van der Waals surface area contributed by atoms with E-state index in [2.05, 4.69) is 16.1 Å². The van der Waals surface area contributed by atoms with E-state index in [0.717, 1.165) is 25.9 Å². The fourth-order valence-electron chi connectivity index (χ4n) is 2.55. The van der Waals surface area contributed by atoms with Gasteiger partial charge in [0.1, 0.15) is 9.84 Å². The van der Waals surface area contributed by atoms with Gasteiger partial charge in [-0.05, 0) is 32.2 Å². The summed E-state index contributed by atoms with van der Waals surface area (Å²) in [5, 5.41) is 2.65. The second-order valence-corrected chi connectivity index (χ2v) is 9.71. The zero-order valence-corrected chi connectivity index (χ0v) is 13.1. The zero-order chi connectivity index (χ0) is 14.6. The number of nitrogens with one attached hydrogen (secondary N) is 2. The van der Waals surface area contributed by atoms with Crippen LogP contribution in [0.5, 0.6) is 0 Å². The molecule has 2 heterocycles. The third kappa shape index (κ3) is 4.54. The topological polar surface area (TPSA) is 92.3 Å². The molecule has 0 unspecified atom stereocenters. The lowest BCUT2D eigenvalue weighted by Gasteiger charge is -2.22. The summed E-state index contributed by atoms with van der Waals surface area (Å²) in [6.07, 6.45) is 4.22. The second-order valence-electron chi connectivity index (χ2n) is 5.36. The first-order valence-corrected chi connectivity index (χ1v) is 10.3. The molecule has 0 saturated carbocycles. The summed E-state index contributed by atoms with van der Waals surface area (Å²) in [5.74, 6) is -0.0369. The Bertz CT molecular complexity index is 552. The molecule has 2 aliphatic rings. The highest BCUT2D eigenvalue weighted by Crippen LogP contribution is 2.19. The molecule has 6 nitrogen and oxygen atoms in total. The Hall–Kier alpha value is -0.440. The molecule has 0 bridgehead atoms. The Morgan fingerprint density at radius 3 is 2.60 bits per heavy atom. The van der Waals surface area contributed by atoms with E-state index in [1.54, 1.807) is 0 Å². The molecule has 2 aliphatic heterocycles. The molecule has 1 fully saturated rings. The Morgan fingerprint density at radius 1 is 1.30 bits per heavy atom. The van der Waals surface area contributed by atoms with Crippen molar-refractivity contribution in [3.05, 3.63) is 11.6 Å². The maximum absolute atomic E-state index is 12.1. The highest BCUT2D eigenvalue weighted by molar-refractivity contribution is 7.92. The normalized spacial score (nSPS) is 24.3. The monoisotopic (exact) mass is 322 g/mol. The van der Waals surface area contributed by atoms with Gasteiger partial charge >= 0.3 is 0 Å². The minimum Gasteiger partial charge on any atom is -0.313 e. The highest BCUT2D eigenvalue weighted by atomic mass is 32.2. The maximum Gasteiger partial charge on any atom is 0.214 e. The van der Waals surface area contributed by atoms with Gasteiger partial charge < -0.3 is 5.32 Å². The van der Waals surface area contributed by atoms with E-state index in [0.29, 0.717) is 6.54 Å². The van der Waals surface area contributed by atoms with E-state index in [-0.39, 0.29) is 24.3 Å². The van der Waals surface area contributed by atoms with Crippen LogP contribution in [0.4, 0.5) is 0 Å². The van der Waals surface area contributed by atoms with Gasteiger partial charge in [-0.3, -0.25) is 0 Å². The largest absolute Gasteiger partial charge is 0.313 e. The molecule has 0 aliphatic carbocycles. The van der Waals surface area contributed by atoms with Crippen molar-refractivity contribution in [3.8, 4) is 0 Å². The van der Waals surface area contributed by atoms with Crippen molar-refractivity contribution in [2.24, 2.45) is 0 Å². The molecule has 116 valence electrons. The lowest BCUT2D eigenvalue weighted by atomic mass is 10.1. The molecule has 0 radical (unpaired) electrons. The average Bonchev–Trinajstić information content (AvgIpc) is 2.39. The van der Waals surface area contributed by atoms with E-state index < -0.39 is 25.1 Å². The van der Waals surface area contributed by atoms with Gasteiger partial charge in [-0.15, -0.1) is 0 Å². The van der Waals surface area contributed by atoms with Gasteiger partial charge in [0.15, 0.2) is 0 Å². The molecule has 0 spiro atoms. The maximum atomic E-state index is 12.1. The zero-order valence-electron chi connectivity index (χ0n) is 11.5. The molecule has 2 N–H and O–H groups in total. The Balaban J connectivity index is 1.80. The van der Waals surface area contributed by atoms with Crippen LogP contribution in [0.2, 0.25) is 0 Å². The lowest BCUT2D eigenvalue weighted by Crippen LogP contribution is -2.40. The molecule has 0 atom stereocenters. The third-order valence-corrected chi connectivity index (χ3v) is 7.52. The molecular formula is C12H22N2O4S2. The van der Waals surface area contributed by atoms with Crippen molar-refractivity contribution in [3.63, 3.8) is 0 Å². The predicted molar refractivity (Wildman–Crippen MR) is 78.8 cm³/mol. The van der Waals surface area contributed by atoms with Crippen LogP contribution in [0, 0.1) is 0 Å². The summed E-state index contributed by atoms with van der Waals surface area (Å²) in [6.45, 7) is 2.19. The fourth-order valence-corrected chi connectivity index (χ4v) is 5.82. The van der Waals surface area contributed by atoms with Crippen LogP contribution in [0.15, 0.2) is 11.6 Å². The van der Waals surface area contributed by atoms with Crippen molar-refractivity contribution >= 4 is 19.9 Å². The summed E-state index contributed by atoms with van der Waals surface area (Å²) in [5.41, 5.74) is 1.28. The van der Waals surface area contributed by atoms with Crippen LogP contribution >= 0.6 is 0 Å². The van der Waals surface area contributed by atoms with Crippen LogP contribution in [0.3, 0.4) is 0 Å². The van der Waals surface area contributed by atoms with Gasteiger partial charge in [0.25, 0.3) is 0 Å². The Labute approximate surface area is 121 Å². The summed E-state index contributed by atoms with van der Waals surface area (Å²) in [4.78, 5) is 0. The molecular weight excluding hydrogens is 300 g/mol. The van der Waals surface area contributed by atoms with Gasteiger partial charge in [0, 0.05) is 13.1 Å².